The first kappa shape index (κ1) is 20.9. The van der Waals surface area contributed by atoms with Gasteiger partial charge in [0.05, 0.1) is 5.69 Å². The van der Waals surface area contributed by atoms with Gasteiger partial charge in [0.2, 0.25) is 11.7 Å². The Morgan fingerprint density at radius 1 is 1.03 bits per heavy atom. The maximum absolute atomic E-state index is 13.5. The fourth-order valence-electron chi connectivity index (χ4n) is 3.31. The molecule has 3 aromatic rings. The molecule has 0 atom stereocenters. The predicted octanol–water partition coefficient (Wildman–Crippen LogP) is 4.75. The third kappa shape index (κ3) is 4.26. The van der Waals surface area contributed by atoms with Gasteiger partial charge in [0.25, 0.3) is 0 Å². The lowest BCUT2D eigenvalue weighted by Crippen LogP contribution is -2.15. The van der Waals surface area contributed by atoms with Gasteiger partial charge in [0.1, 0.15) is 23.1 Å². The molecule has 0 saturated carbocycles. The van der Waals surface area contributed by atoms with Gasteiger partial charge in [-0.3, -0.25) is 14.2 Å². The van der Waals surface area contributed by atoms with Crippen LogP contribution in [0.1, 0.15) is 48.3 Å². The SMILES string of the molecule is CCCCNc1c(C#N)c(NC(C)=O)c(C(=O)c2ccccc2)n1-c1ccccc1. The Morgan fingerprint density at radius 3 is 2.23 bits per heavy atom. The molecule has 6 nitrogen and oxygen atoms in total. The van der Waals surface area contributed by atoms with E-state index in [0.29, 0.717) is 17.9 Å². The lowest BCUT2D eigenvalue weighted by atomic mass is 10.1. The Morgan fingerprint density at radius 2 is 1.67 bits per heavy atom. The molecule has 0 fully saturated rings. The molecule has 0 aliphatic rings. The summed E-state index contributed by atoms with van der Waals surface area (Å²) in [4.78, 5) is 25.5. The molecule has 0 aliphatic heterocycles. The minimum Gasteiger partial charge on any atom is -0.370 e. The molecule has 0 radical (unpaired) electrons. The van der Waals surface area contributed by atoms with E-state index in [1.807, 2.05) is 36.4 Å². The minimum absolute atomic E-state index is 0.224. The fraction of sp³-hybridized carbons (Fsp3) is 0.208. The number of amides is 1. The largest absolute Gasteiger partial charge is 0.370 e. The van der Waals surface area contributed by atoms with Crippen LogP contribution in [0, 0.1) is 11.3 Å². The normalized spacial score (nSPS) is 10.3. The van der Waals surface area contributed by atoms with Crippen LogP contribution in [-0.2, 0) is 4.79 Å². The molecule has 0 saturated heterocycles. The summed E-state index contributed by atoms with van der Waals surface area (Å²) in [6.45, 7) is 4.08. The fourth-order valence-corrected chi connectivity index (χ4v) is 3.31. The van der Waals surface area contributed by atoms with Gasteiger partial charge in [0, 0.05) is 24.7 Å². The average molecular weight is 400 g/mol. The zero-order chi connectivity index (χ0) is 21.5. The van der Waals surface area contributed by atoms with Crippen LogP contribution < -0.4 is 10.6 Å². The average Bonchev–Trinajstić information content (AvgIpc) is 3.07. The number of para-hydroxylation sites is 1. The van der Waals surface area contributed by atoms with E-state index in [9.17, 15) is 14.9 Å². The van der Waals surface area contributed by atoms with Crippen molar-refractivity contribution in [3.63, 3.8) is 0 Å². The Labute approximate surface area is 176 Å². The van der Waals surface area contributed by atoms with Crippen molar-refractivity contribution in [3.05, 3.63) is 77.5 Å². The van der Waals surface area contributed by atoms with Crippen molar-refractivity contribution >= 4 is 23.2 Å². The Bertz CT molecular complexity index is 1080. The maximum atomic E-state index is 13.5. The quantitative estimate of drug-likeness (QED) is 0.422. The molecule has 3 rings (SSSR count). The summed E-state index contributed by atoms with van der Waals surface area (Å²) < 4.78 is 1.73. The molecular formula is C24H24N4O2. The number of anilines is 2. The number of carbonyl (C=O) groups excluding carboxylic acids is 2. The van der Waals surface area contributed by atoms with E-state index in [1.54, 1.807) is 28.8 Å². The monoisotopic (exact) mass is 400 g/mol. The van der Waals surface area contributed by atoms with Gasteiger partial charge in [-0.25, -0.2) is 0 Å². The van der Waals surface area contributed by atoms with E-state index in [-0.39, 0.29) is 28.6 Å². The first-order valence-corrected chi connectivity index (χ1v) is 9.93. The van der Waals surface area contributed by atoms with Crippen molar-refractivity contribution in [1.82, 2.24) is 4.57 Å². The van der Waals surface area contributed by atoms with Gasteiger partial charge in [0.15, 0.2) is 0 Å². The van der Waals surface area contributed by atoms with Gasteiger partial charge in [-0.2, -0.15) is 5.26 Å². The highest BCUT2D eigenvalue weighted by Gasteiger charge is 2.29. The van der Waals surface area contributed by atoms with Crippen LogP contribution in [-0.4, -0.2) is 22.8 Å². The number of rotatable bonds is 8. The molecule has 2 N–H and O–H groups in total. The highest BCUT2D eigenvalue weighted by Crippen LogP contribution is 2.36. The van der Waals surface area contributed by atoms with Gasteiger partial charge >= 0.3 is 0 Å². The first-order chi connectivity index (χ1) is 14.6. The van der Waals surface area contributed by atoms with E-state index in [2.05, 4.69) is 23.6 Å². The van der Waals surface area contributed by atoms with Crippen LogP contribution in [0.25, 0.3) is 5.69 Å². The second-order valence-electron chi connectivity index (χ2n) is 6.89. The summed E-state index contributed by atoms with van der Waals surface area (Å²) in [6, 6.07) is 20.4. The number of carbonyl (C=O) groups is 2. The van der Waals surface area contributed by atoms with Crippen molar-refractivity contribution in [2.75, 3.05) is 17.2 Å². The van der Waals surface area contributed by atoms with Crippen molar-refractivity contribution in [3.8, 4) is 11.8 Å². The summed E-state index contributed by atoms with van der Waals surface area (Å²) in [5.74, 6) is -0.123. The van der Waals surface area contributed by atoms with Gasteiger partial charge in [-0.1, -0.05) is 61.9 Å². The van der Waals surface area contributed by atoms with E-state index in [1.165, 1.54) is 6.92 Å². The second kappa shape index (κ2) is 9.57. The Kier molecular flexibility index (Phi) is 6.66. The summed E-state index contributed by atoms with van der Waals surface area (Å²) in [5.41, 5.74) is 1.91. The van der Waals surface area contributed by atoms with Gasteiger partial charge < -0.3 is 10.6 Å². The molecule has 152 valence electrons. The van der Waals surface area contributed by atoms with Crippen LogP contribution in [0.3, 0.4) is 0 Å². The first-order valence-electron chi connectivity index (χ1n) is 9.93. The molecular weight excluding hydrogens is 376 g/mol. The topological polar surface area (TPSA) is 86.9 Å². The maximum Gasteiger partial charge on any atom is 0.221 e. The number of nitrogens with zero attached hydrogens (tertiary/aromatic N) is 2. The molecule has 0 aliphatic carbocycles. The van der Waals surface area contributed by atoms with Gasteiger partial charge in [-0.15, -0.1) is 0 Å². The molecule has 0 unspecified atom stereocenters. The summed E-state index contributed by atoms with van der Waals surface area (Å²) in [6.07, 6.45) is 1.89. The standard InChI is InChI=1S/C24H24N4O2/c1-3-4-15-26-24-20(16-25)21(27-17(2)29)22(23(30)18-11-7-5-8-12-18)28(24)19-13-9-6-10-14-19/h5-14,26H,3-4,15H2,1-2H3,(H,27,29). The van der Waals surface area contributed by atoms with E-state index < -0.39 is 0 Å². The van der Waals surface area contributed by atoms with E-state index >= 15 is 0 Å². The van der Waals surface area contributed by atoms with Crippen LogP contribution in [0.2, 0.25) is 0 Å². The number of nitrogens with one attached hydrogen (secondary N) is 2. The summed E-state index contributed by atoms with van der Waals surface area (Å²) in [7, 11) is 0. The zero-order valence-corrected chi connectivity index (χ0v) is 17.1. The number of nitriles is 1. The molecule has 6 heteroatoms. The van der Waals surface area contributed by atoms with Crippen molar-refractivity contribution in [2.24, 2.45) is 0 Å². The molecule has 0 bridgehead atoms. The molecule has 30 heavy (non-hydrogen) atoms. The van der Waals surface area contributed by atoms with E-state index in [0.717, 1.165) is 18.5 Å². The molecule has 1 aromatic heterocycles. The van der Waals surface area contributed by atoms with Crippen LogP contribution in [0.5, 0.6) is 0 Å². The van der Waals surface area contributed by atoms with Crippen molar-refractivity contribution in [2.45, 2.75) is 26.7 Å². The highest BCUT2D eigenvalue weighted by molar-refractivity contribution is 6.15. The number of aromatic nitrogens is 1. The number of hydrogen-bond donors (Lipinski definition) is 2. The predicted molar refractivity (Wildman–Crippen MR) is 118 cm³/mol. The van der Waals surface area contributed by atoms with Crippen LogP contribution in [0.15, 0.2) is 60.7 Å². The van der Waals surface area contributed by atoms with Gasteiger partial charge in [-0.05, 0) is 18.6 Å². The number of unbranched alkanes of at least 4 members (excludes halogenated alkanes) is 1. The van der Waals surface area contributed by atoms with Crippen molar-refractivity contribution in [1.29, 1.82) is 5.26 Å². The molecule has 1 amide bonds. The van der Waals surface area contributed by atoms with Crippen LogP contribution >= 0.6 is 0 Å². The van der Waals surface area contributed by atoms with E-state index in [4.69, 9.17) is 0 Å². The second-order valence-corrected chi connectivity index (χ2v) is 6.89. The lowest BCUT2D eigenvalue weighted by Gasteiger charge is -2.15. The number of hydrogen-bond acceptors (Lipinski definition) is 4. The summed E-state index contributed by atoms with van der Waals surface area (Å²) >= 11 is 0. The Balaban J connectivity index is 2.32. The van der Waals surface area contributed by atoms with Crippen LogP contribution in [0.4, 0.5) is 11.5 Å². The molecule has 2 aromatic carbocycles. The third-order valence-corrected chi connectivity index (χ3v) is 4.67. The third-order valence-electron chi connectivity index (χ3n) is 4.67. The smallest absolute Gasteiger partial charge is 0.221 e. The highest BCUT2D eigenvalue weighted by atomic mass is 16.1. The number of ketones is 1. The zero-order valence-electron chi connectivity index (χ0n) is 17.1. The Hall–Kier alpha value is -3.85. The lowest BCUT2D eigenvalue weighted by molar-refractivity contribution is -0.114. The molecule has 0 spiro atoms. The van der Waals surface area contributed by atoms with Crippen molar-refractivity contribution < 1.29 is 9.59 Å². The minimum atomic E-state index is -0.348. The summed E-state index contributed by atoms with van der Waals surface area (Å²) in [5, 5.41) is 16.0. The number of benzene rings is 2. The molecule has 1 heterocycles.